The molecule has 23 heavy (non-hydrogen) atoms. The Hall–Kier alpha value is -2.72. The lowest BCUT2D eigenvalue weighted by atomic mass is 9.94. The molecular formula is C18H12ClNO3. The van der Waals surface area contributed by atoms with E-state index in [4.69, 9.17) is 11.6 Å². The smallest absolute Gasteiger partial charge is 0.293 e. The molecule has 1 heterocycles. The SMILES string of the molecule is O=COCC(=O)c1cnc2ccc(Cl)cc2c1-c1ccccc1. The molecule has 0 amide bonds. The zero-order valence-corrected chi connectivity index (χ0v) is 12.8. The van der Waals surface area contributed by atoms with Crippen LogP contribution in [0.2, 0.25) is 5.02 Å². The van der Waals surface area contributed by atoms with Crippen molar-refractivity contribution in [1.29, 1.82) is 0 Å². The molecule has 0 unspecified atom stereocenters. The summed E-state index contributed by atoms with van der Waals surface area (Å²) < 4.78 is 4.59. The Morgan fingerprint density at radius 3 is 2.70 bits per heavy atom. The van der Waals surface area contributed by atoms with Crippen LogP contribution in [-0.4, -0.2) is 23.8 Å². The highest BCUT2D eigenvalue weighted by Crippen LogP contribution is 2.32. The van der Waals surface area contributed by atoms with Crippen molar-refractivity contribution in [3.8, 4) is 11.1 Å². The predicted octanol–water partition coefficient (Wildman–Crippen LogP) is 3.91. The van der Waals surface area contributed by atoms with Crippen LogP contribution < -0.4 is 0 Å². The monoisotopic (exact) mass is 325 g/mol. The van der Waals surface area contributed by atoms with Gasteiger partial charge in [0.25, 0.3) is 6.47 Å². The lowest BCUT2D eigenvalue weighted by Gasteiger charge is -2.12. The fraction of sp³-hybridized carbons (Fsp3) is 0.0556. The van der Waals surface area contributed by atoms with Crippen LogP contribution in [0.1, 0.15) is 10.4 Å². The van der Waals surface area contributed by atoms with Gasteiger partial charge in [-0.15, -0.1) is 0 Å². The molecule has 0 spiro atoms. The van der Waals surface area contributed by atoms with Gasteiger partial charge in [0.05, 0.1) is 5.52 Å². The van der Waals surface area contributed by atoms with Crippen molar-refractivity contribution in [2.75, 3.05) is 6.61 Å². The first-order valence-electron chi connectivity index (χ1n) is 6.93. The molecule has 0 atom stereocenters. The van der Waals surface area contributed by atoms with Crippen LogP contribution in [0, 0.1) is 0 Å². The van der Waals surface area contributed by atoms with Crippen molar-refractivity contribution in [1.82, 2.24) is 4.98 Å². The van der Waals surface area contributed by atoms with Crippen LogP contribution in [0.5, 0.6) is 0 Å². The normalized spacial score (nSPS) is 10.5. The Morgan fingerprint density at radius 2 is 1.96 bits per heavy atom. The number of carbonyl (C=O) groups is 2. The largest absolute Gasteiger partial charge is 0.459 e. The summed E-state index contributed by atoms with van der Waals surface area (Å²) in [5, 5.41) is 1.34. The molecule has 0 aliphatic heterocycles. The minimum absolute atomic E-state index is 0.255. The average Bonchev–Trinajstić information content (AvgIpc) is 2.59. The number of carbonyl (C=O) groups excluding carboxylic acids is 2. The Balaban J connectivity index is 2.27. The van der Waals surface area contributed by atoms with Gasteiger partial charge in [0.2, 0.25) is 5.78 Å². The van der Waals surface area contributed by atoms with E-state index in [0.29, 0.717) is 10.6 Å². The molecule has 0 bridgehead atoms. The van der Waals surface area contributed by atoms with Crippen LogP contribution in [0.15, 0.2) is 54.7 Å². The molecule has 0 aliphatic rings. The van der Waals surface area contributed by atoms with Crippen LogP contribution in [0.25, 0.3) is 22.0 Å². The molecule has 0 aliphatic carbocycles. The number of hydrogen-bond donors (Lipinski definition) is 0. The van der Waals surface area contributed by atoms with E-state index in [-0.39, 0.29) is 18.9 Å². The second-order valence-electron chi connectivity index (χ2n) is 4.90. The van der Waals surface area contributed by atoms with Gasteiger partial charge in [-0.2, -0.15) is 0 Å². The number of halogens is 1. The van der Waals surface area contributed by atoms with Crippen molar-refractivity contribution in [2.45, 2.75) is 0 Å². The molecule has 3 rings (SSSR count). The van der Waals surface area contributed by atoms with E-state index in [1.54, 1.807) is 18.2 Å². The van der Waals surface area contributed by atoms with E-state index in [1.165, 1.54) is 6.20 Å². The van der Waals surface area contributed by atoms with Crippen LogP contribution >= 0.6 is 11.6 Å². The number of benzene rings is 2. The maximum absolute atomic E-state index is 12.4. The highest BCUT2D eigenvalue weighted by Gasteiger charge is 2.17. The zero-order chi connectivity index (χ0) is 16.2. The van der Waals surface area contributed by atoms with Gasteiger partial charge in [0.1, 0.15) is 0 Å². The van der Waals surface area contributed by atoms with Crippen LogP contribution in [-0.2, 0) is 9.53 Å². The minimum Gasteiger partial charge on any atom is -0.459 e. The first-order valence-corrected chi connectivity index (χ1v) is 7.30. The van der Waals surface area contributed by atoms with Crippen LogP contribution in [0.3, 0.4) is 0 Å². The summed E-state index contributed by atoms with van der Waals surface area (Å²) in [5.74, 6) is -0.315. The molecular weight excluding hydrogens is 314 g/mol. The summed E-state index contributed by atoms with van der Waals surface area (Å²) in [6, 6.07) is 14.8. The summed E-state index contributed by atoms with van der Waals surface area (Å²) in [5.41, 5.74) is 2.74. The van der Waals surface area contributed by atoms with Crippen molar-refractivity contribution in [2.24, 2.45) is 0 Å². The van der Waals surface area contributed by atoms with Gasteiger partial charge >= 0.3 is 0 Å². The van der Waals surface area contributed by atoms with E-state index >= 15 is 0 Å². The van der Waals surface area contributed by atoms with Gasteiger partial charge in [-0.3, -0.25) is 14.6 Å². The van der Waals surface area contributed by atoms with Gasteiger partial charge in [-0.1, -0.05) is 41.9 Å². The number of hydrogen-bond acceptors (Lipinski definition) is 4. The number of aromatic nitrogens is 1. The van der Waals surface area contributed by atoms with E-state index in [9.17, 15) is 9.59 Å². The molecule has 0 radical (unpaired) electrons. The summed E-state index contributed by atoms with van der Waals surface area (Å²) in [6.07, 6.45) is 1.51. The van der Waals surface area contributed by atoms with E-state index in [0.717, 1.165) is 22.0 Å². The quantitative estimate of drug-likeness (QED) is 0.527. The van der Waals surface area contributed by atoms with Gasteiger partial charge < -0.3 is 4.74 Å². The first-order chi connectivity index (χ1) is 11.2. The molecule has 0 N–H and O–H groups in total. The number of rotatable bonds is 5. The summed E-state index contributed by atoms with van der Waals surface area (Å²) in [7, 11) is 0. The molecule has 0 saturated carbocycles. The maximum atomic E-state index is 12.4. The highest BCUT2D eigenvalue weighted by molar-refractivity contribution is 6.31. The zero-order valence-electron chi connectivity index (χ0n) is 12.0. The number of fused-ring (bicyclic) bond motifs is 1. The lowest BCUT2D eigenvalue weighted by molar-refractivity contribution is -0.127. The van der Waals surface area contributed by atoms with Crippen molar-refractivity contribution < 1.29 is 14.3 Å². The van der Waals surface area contributed by atoms with Gasteiger partial charge in [-0.05, 0) is 23.8 Å². The second-order valence-corrected chi connectivity index (χ2v) is 5.34. The molecule has 1 aromatic heterocycles. The fourth-order valence-corrected chi connectivity index (χ4v) is 2.65. The third kappa shape index (κ3) is 3.07. The Labute approximate surface area is 137 Å². The van der Waals surface area contributed by atoms with Gasteiger partial charge in [-0.25, -0.2) is 0 Å². The van der Waals surface area contributed by atoms with Crippen molar-refractivity contribution >= 4 is 34.8 Å². The number of pyridine rings is 1. The van der Waals surface area contributed by atoms with Gasteiger partial charge in [0, 0.05) is 27.7 Å². The number of ether oxygens (including phenoxy) is 1. The highest BCUT2D eigenvalue weighted by atomic mass is 35.5. The summed E-state index contributed by atoms with van der Waals surface area (Å²) in [6.45, 7) is -0.0669. The number of nitrogens with zero attached hydrogens (tertiary/aromatic N) is 1. The third-order valence-corrected chi connectivity index (χ3v) is 3.71. The standard InChI is InChI=1S/C18H12ClNO3/c19-13-6-7-16-14(8-13)18(12-4-2-1-3-5-12)15(9-20-16)17(22)10-23-11-21/h1-9,11H,10H2. The first kappa shape index (κ1) is 15.2. The predicted molar refractivity (Wildman–Crippen MR) is 88.5 cm³/mol. The molecule has 0 saturated heterocycles. The van der Waals surface area contributed by atoms with E-state index < -0.39 is 0 Å². The molecule has 114 valence electrons. The average molecular weight is 326 g/mol. The summed E-state index contributed by atoms with van der Waals surface area (Å²) in [4.78, 5) is 27.0. The lowest BCUT2D eigenvalue weighted by Crippen LogP contribution is -2.10. The Kier molecular flexibility index (Phi) is 4.35. The van der Waals surface area contributed by atoms with Crippen molar-refractivity contribution in [3.63, 3.8) is 0 Å². The third-order valence-electron chi connectivity index (χ3n) is 3.48. The maximum Gasteiger partial charge on any atom is 0.293 e. The number of ketones is 1. The Morgan fingerprint density at radius 1 is 1.17 bits per heavy atom. The van der Waals surface area contributed by atoms with E-state index in [1.807, 2.05) is 30.3 Å². The molecule has 5 heteroatoms. The van der Waals surface area contributed by atoms with Crippen molar-refractivity contribution in [3.05, 3.63) is 65.3 Å². The molecule has 3 aromatic rings. The van der Waals surface area contributed by atoms with Crippen LogP contribution in [0.4, 0.5) is 0 Å². The Bertz CT molecular complexity index is 878. The minimum atomic E-state index is -0.322. The fourth-order valence-electron chi connectivity index (χ4n) is 2.48. The number of Topliss-reactive ketones (excluding diaryl/α,β-unsaturated/α-hetero) is 1. The molecule has 0 fully saturated rings. The summed E-state index contributed by atoms with van der Waals surface area (Å²) >= 11 is 6.11. The molecule has 2 aromatic carbocycles. The van der Waals surface area contributed by atoms with E-state index in [2.05, 4.69) is 9.72 Å². The molecule has 4 nitrogen and oxygen atoms in total. The van der Waals surface area contributed by atoms with Gasteiger partial charge in [0.15, 0.2) is 6.61 Å². The topological polar surface area (TPSA) is 56.3 Å². The second kappa shape index (κ2) is 6.58.